The van der Waals surface area contributed by atoms with Crippen molar-refractivity contribution in [2.45, 2.75) is 0 Å². The number of hydrogen-bond donors (Lipinski definition) is 0. The molecule has 0 saturated carbocycles. The Hall–Kier alpha value is -9.32. The van der Waals surface area contributed by atoms with Gasteiger partial charge in [0.2, 0.25) is 0 Å². The Balaban J connectivity index is 0.895. The van der Waals surface area contributed by atoms with Crippen molar-refractivity contribution in [1.82, 2.24) is 23.7 Å². The second-order valence-corrected chi connectivity index (χ2v) is 18.2. The molecular weight excluding hydrogens is 839 g/mol. The van der Waals surface area contributed by atoms with E-state index in [2.05, 4.69) is 238 Å². The van der Waals surface area contributed by atoms with Gasteiger partial charge in [-0.15, -0.1) is 0 Å². The zero-order valence-electron chi connectivity index (χ0n) is 37.3. The van der Waals surface area contributed by atoms with Gasteiger partial charge in [0, 0.05) is 65.9 Å². The zero-order chi connectivity index (χ0) is 45.2. The molecule has 0 aliphatic heterocycles. The summed E-state index contributed by atoms with van der Waals surface area (Å²) < 4.78 is 7.23. The molecule has 0 N–H and O–H groups in total. The molecule has 0 radical (unpaired) electrons. The summed E-state index contributed by atoms with van der Waals surface area (Å²) in [6.07, 6.45) is 0. The Labute approximate surface area is 396 Å². The van der Waals surface area contributed by atoms with Gasteiger partial charge in [-0.05, 0) is 101 Å². The molecule has 4 heterocycles. The average Bonchev–Trinajstić information content (AvgIpc) is 4.05. The summed E-state index contributed by atoms with van der Waals surface area (Å²) >= 11 is 0. The summed E-state index contributed by atoms with van der Waals surface area (Å²) in [6, 6.07) is 85.6. The highest BCUT2D eigenvalue weighted by molar-refractivity contribution is 6.19. The first kappa shape index (κ1) is 37.9. The molecule has 69 heavy (non-hydrogen) atoms. The van der Waals surface area contributed by atoms with Crippen LogP contribution in [0.1, 0.15) is 0 Å². The number of fused-ring (bicyclic) bond motifs is 13. The van der Waals surface area contributed by atoms with Crippen LogP contribution in [-0.4, -0.2) is 23.7 Å². The molecule has 15 rings (SSSR count). The van der Waals surface area contributed by atoms with Crippen LogP contribution < -0.4 is 0 Å². The standard InChI is InChI=1S/C64H39N5/c1-2-15-45(16-3-1)67-57-23-11-6-18-49(57)52-34-30-43(38-60(52)67)63-62(65-55-21-9-10-22-56(55)66-63)41-26-31-46(32-27-41)68-58-24-12-8-20-51(58)54-37-42-28-33-47(36-44(42)39-61(54)68)69-59-25-13-7-19-50(59)53-35-29-40-14-4-5-17-48(40)64(53)69/h1-39H. The van der Waals surface area contributed by atoms with E-state index in [0.717, 1.165) is 67.2 Å². The molecule has 0 aliphatic carbocycles. The normalized spacial score (nSPS) is 12.1. The molecule has 0 fully saturated rings. The van der Waals surface area contributed by atoms with E-state index in [0.29, 0.717) is 0 Å². The van der Waals surface area contributed by atoms with Crippen LogP contribution in [0.25, 0.3) is 138 Å². The van der Waals surface area contributed by atoms with E-state index in [4.69, 9.17) is 9.97 Å². The molecule has 0 aliphatic rings. The number of nitrogens with zero attached hydrogens (tertiary/aromatic N) is 5. The van der Waals surface area contributed by atoms with Crippen LogP contribution in [0.3, 0.4) is 0 Å². The van der Waals surface area contributed by atoms with E-state index in [1.54, 1.807) is 0 Å². The molecule has 5 heteroatoms. The van der Waals surface area contributed by atoms with Crippen LogP contribution in [0.4, 0.5) is 0 Å². The van der Waals surface area contributed by atoms with Gasteiger partial charge in [0.25, 0.3) is 0 Å². The van der Waals surface area contributed by atoms with E-state index in [1.807, 2.05) is 12.1 Å². The highest BCUT2D eigenvalue weighted by Gasteiger charge is 2.20. The van der Waals surface area contributed by atoms with Gasteiger partial charge in [-0.3, -0.25) is 0 Å². The fourth-order valence-electron chi connectivity index (χ4n) is 11.3. The topological polar surface area (TPSA) is 40.6 Å². The molecule has 0 spiro atoms. The lowest BCUT2D eigenvalue weighted by atomic mass is 10.0. The maximum Gasteiger partial charge on any atom is 0.0973 e. The zero-order valence-corrected chi connectivity index (χ0v) is 37.3. The van der Waals surface area contributed by atoms with Gasteiger partial charge in [-0.2, -0.15) is 0 Å². The number of benzene rings is 11. The largest absolute Gasteiger partial charge is 0.309 e. The molecular formula is C64H39N5. The summed E-state index contributed by atoms with van der Waals surface area (Å²) in [6.45, 7) is 0. The van der Waals surface area contributed by atoms with Crippen molar-refractivity contribution >= 4 is 98.0 Å². The van der Waals surface area contributed by atoms with E-state index >= 15 is 0 Å². The fourth-order valence-corrected chi connectivity index (χ4v) is 11.3. The van der Waals surface area contributed by atoms with Gasteiger partial charge in [0.15, 0.2) is 0 Å². The SMILES string of the molecule is c1ccc(-n2c3ccccc3c3ccc(-c4nc5ccccc5nc4-c4ccc(-n5c6ccccc6c6cc7ccc(-n8c9ccccc9c9ccc%10ccccc%10c98)cc7cc65)cc4)cc32)cc1. The molecule has 0 unspecified atom stereocenters. The molecule has 0 bridgehead atoms. The maximum atomic E-state index is 5.36. The molecule has 320 valence electrons. The predicted molar refractivity (Wildman–Crippen MR) is 288 cm³/mol. The van der Waals surface area contributed by atoms with E-state index in [-0.39, 0.29) is 0 Å². The third-order valence-corrected chi connectivity index (χ3v) is 14.4. The van der Waals surface area contributed by atoms with Crippen LogP contribution in [0.5, 0.6) is 0 Å². The van der Waals surface area contributed by atoms with Crippen LogP contribution in [0.15, 0.2) is 237 Å². The van der Waals surface area contributed by atoms with Crippen molar-refractivity contribution in [3.8, 4) is 39.6 Å². The minimum atomic E-state index is 0.848. The minimum Gasteiger partial charge on any atom is -0.309 e. The van der Waals surface area contributed by atoms with Gasteiger partial charge in [-0.1, -0.05) is 152 Å². The van der Waals surface area contributed by atoms with Crippen molar-refractivity contribution < 1.29 is 0 Å². The van der Waals surface area contributed by atoms with Crippen LogP contribution in [0.2, 0.25) is 0 Å². The van der Waals surface area contributed by atoms with Crippen molar-refractivity contribution in [3.05, 3.63) is 237 Å². The first-order valence-corrected chi connectivity index (χ1v) is 23.6. The van der Waals surface area contributed by atoms with Crippen molar-refractivity contribution in [2.24, 2.45) is 0 Å². The quantitative estimate of drug-likeness (QED) is 0.173. The van der Waals surface area contributed by atoms with Crippen molar-refractivity contribution in [1.29, 1.82) is 0 Å². The van der Waals surface area contributed by atoms with E-state index in [1.165, 1.54) is 70.4 Å². The minimum absolute atomic E-state index is 0.848. The lowest BCUT2D eigenvalue weighted by Crippen LogP contribution is -1.98. The fraction of sp³-hybridized carbons (Fsp3) is 0. The van der Waals surface area contributed by atoms with E-state index < -0.39 is 0 Å². The predicted octanol–water partition coefficient (Wildman–Crippen LogP) is 16.6. The lowest BCUT2D eigenvalue weighted by Gasteiger charge is -2.14. The van der Waals surface area contributed by atoms with Gasteiger partial charge in [0.05, 0.1) is 55.5 Å². The number of rotatable bonds is 5. The van der Waals surface area contributed by atoms with E-state index in [9.17, 15) is 0 Å². The molecule has 15 aromatic rings. The van der Waals surface area contributed by atoms with Crippen LogP contribution in [-0.2, 0) is 0 Å². The molecule has 0 atom stereocenters. The lowest BCUT2D eigenvalue weighted by molar-refractivity contribution is 1.18. The molecule has 0 saturated heterocycles. The monoisotopic (exact) mass is 877 g/mol. The highest BCUT2D eigenvalue weighted by Crippen LogP contribution is 2.41. The second kappa shape index (κ2) is 14.6. The number of para-hydroxylation sites is 6. The van der Waals surface area contributed by atoms with Crippen molar-refractivity contribution in [3.63, 3.8) is 0 Å². The number of hydrogen-bond acceptors (Lipinski definition) is 2. The van der Waals surface area contributed by atoms with Crippen molar-refractivity contribution in [2.75, 3.05) is 0 Å². The third kappa shape index (κ3) is 5.65. The smallest absolute Gasteiger partial charge is 0.0973 e. The molecule has 5 nitrogen and oxygen atoms in total. The van der Waals surface area contributed by atoms with Crippen LogP contribution in [0, 0.1) is 0 Å². The van der Waals surface area contributed by atoms with Gasteiger partial charge >= 0.3 is 0 Å². The third-order valence-electron chi connectivity index (χ3n) is 14.4. The van der Waals surface area contributed by atoms with Gasteiger partial charge < -0.3 is 13.7 Å². The molecule has 0 amide bonds. The highest BCUT2D eigenvalue weighted by atomic mass is 15.0. The molecule has 4 aromatic heterocycles. The summed E-state index contributed by atoms with van der Waals surface area (Å²) in [5.41, 5.74) is 15.9. The molecule has 11 aromatic carbocycles. The maximum absolute atomic E-state index is 5.36. The Kier molecular flexibility index (Phi) is 8.00. The van der Waals surface area contributed by atoms with Gasteiger partial charge in [0.1, 0.15) is 0 Å². The Bertz CT molecular complexity index is 4590. The first-order chi connectivity index (χ1) is 34.2. The number of aromatic nitrogens is 5. The Morgan fingerprint density at radius 3 is 1.46 bits per heavy atom. The summed E-state index contributed by atoms with van der Waals surface area (Å²) in [7, 11) is 0. The second-order valence-electron chi connectivity index (χ2n) is 18.2. The van der Waals surface area contributed by atoms with Crippen LogP contribution >= 0.6 is 0 Å². The Morgan fingerprint density at radius 1 is 0.246 bits per heavy atom. The summed E-state index contributed by atoms with van der Waals surface area (Å²) in [5, 5.41) is 12.3. The summed E-state index contributed by atoms with van der Waals surface area (Å²) in [4.78, 5) is 10.7. The van der Waals surface area contributed by atoms with Gasteiger partial charge in [-0.25, -0.2) is 9.97 Å². The summed E-state index contributed by atoms with van der Waals surface area (Å²) in [5.74, 6) is 0. The Morgan fingerprint density at radius 2 is 0.739 bits per heavy atom. The first-order valence-electron chi connectivity index (χ1n) is 23.6. The average molecular weight is 878 g/mol.